The smallest absolute Gasteiger partial charge is 0.246 e. The summed E-state index contributed by atoms with van der Waals surface area (Å²) in [6.07, 6.45) is 4.50. The first-order valence-electron chi connectivity index (χ1n) is 6.55. The van der Waals surface area contributed by atoms with E-state index in [-0.39, 0.29) is 5.91 Å². The molecule has 1 saturated heterocycles. The fourth-order valence-electron chi connectivity index (χ4n) is 2.30. The number of nitrogens with two attached hydrogens (primary N) is 1. The zero-order valence-corrected chi connectivity index (χ0v) is 11.5. The van der Waals surface area contributed by atoms with Gasteiger partial charge in [0.05, 0.1) is 0 Å². The first-order valence-corrected chi connectivity index (χ1v) is 6.55. The van der Waals surface area contributed by atoms with Gasteiger partial charge in [0.2, 0.25) is 5.91 Å². The largest absolute Gasteiger partial charge is 0.399 e. The summed E-state index contributed by atoms with van der Waals surface area (Å²) in [5.41, 5.74) is 7.37. The van der Waals surface area contributed by atoms with Crippen LogP contribution in [0.3, 0.4) is 0 Å². The van der Waals surface area contributed by atoms with Crippen molar-refractivity contribution in [3.63, 3.8) is 0 Å². The van der Waals surface area contributed by atoms with Crippen molar-refractivity contribution in [1.29, 1.82) is 0 Å². The van der Waals surface area contributed by atoms with E-state index in [4.69, 9.17) is 5.73 Å². The Bertz CT molecular complexity index is 482. The predicted octanol–water partition coefficient (Wildman–Crippen LogP) is 1.44. The SMILES string of the molecule is CN(C)C1CCN(C(=O)/C=C/c2cccc(N)c2)C1. The molecule has 1 aromatic carbocycles. The van der Waals surface area contributed by atoms with Crippen molar-refractivity contribution in [2.45, 2.75) is 12.5 Å². The predicted molar refractivity (Wildman–Crippen MR) is 78.6 cm³/mol. The lowest BCUT2D eigenvalue weighted by atomic mass is 10.2. The zero-order chi connectivity index (χ0) is 13.8. The average Bonchev–Trinajstić information content (AvgIpc) is 2.86. The lowest BCUT2D eigenvalue weighted by Gasteiger charge is -2.19. The van der Waals surface area contributed by atoms with Gasteiger partial charge in [0.25, 0.3) is 0 Å². The molecule has 1 aliphatic heterocycles. The number of likely N-dealkylation sites (tertiary alicyclic amines) is 1. The second kappa shape index (κ2) is 5.89. The van der Waals surface area contributed by atoms with Crippen molar-refractivity contribution in [2.24, 2.45) is 0 Å². The molecule has 19 heavy (non-hydrogen) atoms. The van der Waals surface area contributed by atoms with Gasteiger partial charge in [-0.1, -0.05) is 12.1 Å². The third-order valence-electron chi connectivity index (χ3n) is 3.53. The summed E-state index contributed by atoms with van der Waals surface area (Å²) in [6.45, 7) is 1.65. The number of nitrogens with zero attached hydrogens (tertiary/aromatic N) is 2. The number of amides is 1. The highest BCUT2D eigenvalue weighted by Gasteiger charge is 2.25. The third-order valence-corrected chi connectivity index (χ3v) is 3.53. The molecule has 1 fully saturated rings. The van der Waals surface area contributed by atoms with Gasteiger partial charge in [0, 0.05) is 30.9 Å². The molecule has 2 rings (SSSR count). The van der Waals surface area contributed by atoms with Crippen LogP contribution < -0.4 is 5.73 Å². The summed E-state index contributed by atoms with van der Waals surface area (Å²) < 4.78 is 0. The van der Waals surface area contributed by atoms with E-state index in [0.717, 1.165) is 25.1 Å². The summed E-state index contributed by atoms with van der Waals surface area (Å²) in [5, 5.41) is 0. The van der Waals surface area contributed by atoms with Gasteiger partial charge in [-0.2, -0.15) is 0 Å². The third kappa shape index (κ3) is 3.58. The van der Waals surface area contributed by atoms with Crippen LogP contribution in [0.25, 0.3) is 6.08 Å². The number of nitrogen functional groups attached to an aromatic ring is 1. The Labute approximate surface area is 114 Å². The van der Waals surface area contributed by atoms with E-state index >= 15 is 0 Å². The number of rotatable bonds is 3. The molecular weight excluding hydrogens is 238 g/mol. The van der Waals surface area contributed by atoms with Gasteiger partial charge in [0.1, 0.15) is 0 Å². The lowest BCUT2D eigenvalue weighted by molar-refractivity contribution is -0.125. The van der Waals surface area contributed by atoms with Crippen LogP contribution in [0.4, 0.5) is 5.69 Å². The summed E-state index contributed by atoms with van der Waals surface area (Å²) in [5.74, 6) is 0.0757. The minimum Gasteiger partial charge on any atom is -0.399 e. The Morgan fingerprint density at radius 2 is 2.26 bits per heavy atom. The van der Waals surface area contributed by atoms with Gasteiger partial charge >= 0.3 is 0 Å². The van der Waals surface area contributed by atoms with E-state index < -0.39 is 0 Å². The quantitative estimate of drug-likeness (QED) is 0.660. The van der Waals surface area contributed by atoms with Gasteiger partial charge in [0.15, 0.2) is 0 Å². The molecule has 102 valence electrons. The van der Waals surface area contributed by atoms with Crippen LogP contribution in [0.1, 0.15) is 12.0 Å². The zero-order valence-electron chi connectivity index (χ0n) is 11.5. The monoisotopic (exact) mass is 259 g/mol. The minimum atomic E-state index is 0.0757. The van der Waals surface area contributed by atoms with Crippen molar-refractivity contribution in [3.05, 3.63) is 35.9 Å². The Balaban J connectivity index is 1.95. The van der Waals surface area contributed by atoms with Crippen molar-refractivity contribution in [2.75, 3.05) is 32.9 Å². The number of likely N-dealkylation sites (N-methyl/N-ethyl adjacent to an activating group) is 1. The molecule has 1 aliphatic rings. The number of anilines is 1. The molecule has 0 aromatic heterocycles. The summed E-state index contributed by atoms with van der Waals surface area (Å²) in [4.78, 5) is 16.1. The van der Waals surface area contributed by atoms with Gasteiger partial charge in [-0.15, -0.1) is 0 Å². The molecule has 1 aromatic rings. The molecule has 0 saturated carbocycles. The summed E-state index contributed by atoms with van der Waals surface area (Å²) in [7, 11) is 4.11. The first-order chi connectivity index (χ1) is 9.06. The highest BCUT2D eigenvalue weighted by molar-refractivity contribution is 5.92. The maximum atomic E-state index is 12.1. The molecule has 0 bridgehead atoms. The van der Waals surface area contributed by atoms with Gasteiger partial charge in [-0.3, -0.25) is 4.79 Å². The fourth-order valence-corrected chi connectivity index (χ4v) is 2.30. The van der Waals surface area contributed by atoms with Crippen molar-refractivity contribution >= 4 is 17.7 Å². The number of hydrogen-bond acceptors (Lipinski definition) is 3. The van der Waals surface area contributed by atoms with Gasteiger partial charge in [-0.25, -0.2) is 0 Å². The van der Waals surface area contributed by atoms with Crippen LogP contribution in [0.15, 0.2) is 30.3 Å². The number of carbonyl (C=O) groups is 1. The molecule has 2 N–H and O–H groups in total. The van der Waals surface area contributed by atoms with E-state index in [2.05, 4.69) is 19.0 Å². The van der Waals surface area contributed by atoms with Crippen molar-refractivity contribution < 1.29 is 4.79 Å². The second-order valence-corrected chi connectivity index (χ2v) is 5.19. The average molecular weight is 259 g/mol. The highest BCUT2D eigenvalue weighted by atomic mass is 16.2. The molecule has 4 heteroatoms. The van der Waals surface area contributed by atoms with Crippen LogP contribution in [0, 0.1) is 0 Å². The number of hydrogen-bond donors (Lipinski definition) is 1. The Kier molecular flexibility index (Phi) is 4.22. The molecule has 1 unspecified atom stereocenters. The fraction of sp³-hybridized carbons (Fsp3) is 0.400. The molecule has 1 heterocycles. The number of benzene rings is 1. The summed E-state index contributed by atoms with van der Waals surface area (Å²) >= 11 is 0. The second-order valence-electron chi connectivity index (χ2n) is 5.19. The maximum Gasteiger partial charge on any atom is 0.246 e. The van der Waals surface area contributed by atoms with Crippen LogP contribution in [-0.2, 0) is 4.79 Å². The van der Waals surface area contributed by atoms with E-state index in [9.17, 15) is 4.79 Å². The molecule has 0 spiro atoms. The van der Waals surface area contributed by atoms with E-state index in [1.807, 2.05) is 35.2 Å². The van der Waals surface area contributed by atoms with Gasteiger partial charge < -0.3 is 15.5 Å². The molecule has 1 atom stereocenters. The van der Waals surface area contributed by atoms with Crippen molar-refractivity contribution in [3.8, 4) is 0 Å². The van der Waals surface area contributed by atoms with Crippen molar-refractivity contribution in [1.82, 2.24) is 9.80 Å². The molecule has 0 aliphatic carbocycles. The molecular formula is C15H21N3O. The van der Waals surface area contributed by atoms with Gasteiger partial charge in [-0.05, 0) is 44.3 Å². The van der Waals surface area contributed by atoms with Crippen LogP contribution in [0.2, 0.25) is 0 Å². The summed E-state index contributed by atoms with van der Waals surface area (Å²) in [6, 6.07) is 7.99. The molecule has 1 amide bonds. The van der Waals surface area contributed by atoms with E-state index in [0.29, 0.717) is 11.7 Å². The van der Waals surface area contributed by atoms with Crippen LogP contribution in [0.5, 0.6) is 0 Å². The normalized spacial score (nSPS) is 19.5. The molecule has 0 radical (unpaired) electrons. The van der Waals surface area contributed by atoms with Crippen LogP contribution in [-0.4, -0.2) is 48.9 Å². The number of carbonyl (C=O) groups excluding carboxylic acids is 1. The van der Waals surface area contributed by atoms with Crippen LogP contribution >= 0.6 is 0 Å². The Hall–Kier alpha value is -1.81. The topological polar surface area (TPSA) is 49.6 Å². The van der Waals surface area contributed by atoms with E-state index in [1.54, 1.807) is 6.08 Å². The highest BCUT2D eigenvalue weighted by Crippen LogP contribution is 2.14. The Morgan fingerprint density at radius 1 is 1.47 bits per heavy atom. The first kappa shape index (κ1) is 13.6. The van der Waals surface area contributed by atoms with E-state index in [1.165, 1.54) is 0 Å². The lowest BCUT2D eigenvalue weighted by Crippen LogP contribution is -2.33. The minimum absolute atomic E-state index is 0.0757. The molecule has 4 nitrogen and oxygen atoms in total. The maximum absolute atomic E-state index is 12.1. The Morgan fingerprint density at radius 3 is 2.89 bits per heavy atom. The standard InChI is InChI=1S/C15H21N3O/c1-17(2)14-8-9-18(11-14)15(19)7-6-12-4-3-5-13(16)10-12/h3-7,10,14H,8-9,11,16H2,1-2H3/b7-6+.